The van der Waals surface area contributed by atoms with Crippen LogP contribution in [-0.2, 0) is 27.5 Å². The van der Waals surface area contributed by atoms with Crippen LogP contribution < -0.4 is 0 Å². The first-order valence-electron chi connectivity index (χ1n) is 7.89. The predicted molar refractivity (Wildman–Crippen MR) is 86.1 cm³/mol. The molecule has 0 radical (unpaired) electrons. The highest BCUT2D eigenvalue weighted by molar-refractivity contribution is 7.91. The third kappa shape index (κ3) is 3.61. The Morgan fingerprint density at radius 1 is 1.30 bits per heavy atom. The van der Waals surface area contributed by atoms with Gasteiger partial charge in [-0.3, -0.25) is 4.68 Å². The lowest BCUT2D eigenvalue weighted by Gasteiger charge is -2.05. The van der Waals surface area contributed by atoms with E-state index in [1.54, 1.807) is 28.9 Å². The minimum absolute atomic E-state index is 0.0380. The lowest BCUT2D eigenvalue weighted by atomic mass is 10.1. The van der Waals surface area contributed by atoms with Gasteiger partial charge in [-0.15, -0.1) is 0 Å². The molecule has 1 atom stereocenters. The minimum atomic E-state index is -3.30. The Labute approximate surface area is 136 Å². The quantitative estimate of drug-likeness (QED) is 0.805. The Hall–Kier alpha value is -1.73. The van der Waals surface area contributed by atoms with Crippen molar-refractivity contribution >= 4 is 9.84 Å². The second-order valence-corrected chi connectivity index (χ2v) is 7.75. The number of aryl methyl sites for hydroxylation is 2. The molecule has 1 saturated heterocycles. The summed E-state index contributed by atoms with van der Waals surface area (Å²) in [4.78, 5) is 4.92. The van der Waals surface area contributed by atoms with Crippen LogP contribution in [0.15, 0.2) is 35.2 Å². The van der Waals surface area contributed by atoms with Crippen LogP contribution in [0.3, 0.4) is 0 Å². The van der Waals surface area contributed by atoms with Crippen LogP contribution in [0.4, 0.5) is 0 Å². The Morgan fingerprint density at radius 2 is 2.09 bits per heavy atom. The lowest BCUT2D eigenvalue weighted by Crippen LogP contribution is -2.13. The van der Waals surface area contributed by atoms with Gasteiger partial charge in [0.25, 0.3) is 0 Å². The lowest BCUT2D eigenvalue weighted by molar-refractivity contribution is 0.193. The fraction of sp³-hybridized carbons (Fsp3) is 0.500. The third-order valence-corrected chi connectivity index (χ3v) is 5.79. The van der Waals surface area contributed by atoms with E-state index >= 15 is 0 Å². The zero-order valence-electron chi connectivity index (χ0n) is 13.2. The molecule has 2 heterocycles. The summed E-state index contributed by atoms with van der Waals surface area (Å²) in [5.41, 5.74) is 0. The number of ether oxygens (including phenoxy) is 1. The normalized spacial score (nSPS) is 18.4. The van der Waals surface area contributed by atoms with Gasteiger partial charge in [0.1, 0.15) is 5.82 Å². The molecule has 3 rings (SSSR count). The molecule has 0 aliphatic carbocycles. The molecule has 0 unspecified atom stereocenters. The Bertz CT molecular complexity index is 750. The molecule has 1 fully saturated rings. The van der Waals surface area contributed by atoms with E-state index in [4.69, 9.17) is 4.74 Å². The fourth-order valence-corrected chi connectivity index (χ4v) is 3.97. The van der Waals surface area contributed by atoms with Crippen molar-refractivity contribution in [2.75, 3.05) is 19.0 Å². The van der Waals surface area contributed by atoms with Gasteiger partial charge in [0.15, 0.2) is 15.7 Å². The number of sulfone groups is 1. The van der Waals surface area contributed by atoms with E-state index in [9.17, 15) is 8.42 Å². The summed E-state index contributed by atoms with van der Waals surface area (Å²) in [5, 5.41) is 4.51. The molecule has 0 amide bonds. The average Bonchev–Trinajstić information content (AvgIpc) is 3.23. The highest BCUT2D eigenvalue weighted by Crippen LogP contribution is 2.23. The van der Waals surface area contributed by atoms with E-state index < -0.39 is 9.84 Å². The van der Waals surface area contributed by atoms with Crippen LogP contribution in [0.25, 0.3) is 0 Å². The number of aromatic nitrogens is 3. The Balaban J connectivity index is 1.75. The van der Waals surface area contributed by atoms with Gasteiger partial charge in [-0.05, 0) is 25.5 Å². The van der Waals surface area contributed by atoms with Gasteiger partial charge in [-0.1, -0.05) is 18.2 Å². The molecule has 1 aliphatic heterocycles. The largest absolute Gasteiger partial charge is 0.381 e. The molecule has 0 saturated carbocycles. The zero-order chi connectivity index (χ0) is 16.3. The van der Waals surface area contributed by atoms with E-state index in [0.717, 1.165) is 24.7 Å². The van der Waals surface area contributed by atoms with Crippen LogP contribution in [0.1, 0.15) is 30.9 Å². The van der Waals surface area contributed by atoms with E-state index in [2.05, 4.69) is 10.1 Å². The van der Waals surface area contributed by atoms with Gasteiger partial charge < -0.3 is 4.74 Å². The van der Waals surface area contributed by atoms with Gasteiger partial charge in [-0.25, -0.2) is 13.4 Å². The summed E-state index contributed by atoms with van der Waals surface area (Å²) in [5.74, 6) is 1.77. The summed E-state index contributed by atoms with van der Waals surface area (Å²) >= 11 is 0. The average molecular weight is 335 g/mol. The molecule has 1 aromatic heterocycles. The van der Waals surface area contributed by atoms with Crippen molar-refractivity contribution in [1.82, 2.24) is 14.8 Å². The minimum Gasteiger partial charge on any atom is -0.381 e. The first-order valence-corrected chi connectivity index (χ1v) is 9.54. The number of rotatable bonds is 6. The van der Waals surface area contributed by atoms with Crippen LogP contribution in [0.5, 0.6) is 0 Å². The number of hydrogen-bond donors (Lipinski definition) is 0. The maximum Gasteiger partial charge on any atom is 0.178 e. The van der Waals surface area contributed by atoms with E-state index in [-0.39, 0.29) is 11.7 Å². The smallest absolute Gasteiger partial charge is 0.178 e. The van der Waals surface area contributed by atoms with Crippen LogP contribution in [0, 0.1) is 0 Å². The summed E-state index contributed by atoms with van der Waals surface area (Å²) in [6.07, 6.45) is 1.29. The van der Waals surface area contributed by atoms with Crippen molar-refractivity contribution < 1.29 is 13.2 Å². The van der Waals surface area contributed by atoms with E-state index in [1.807, 2.05) is 13.0 Å². The summed E-state index contributed by atoms with van der Waals surface area (Å²) in [6.45, 7) is 4.05. The molecule has 23 heavy (non-hydrogen) atoms. The second-order valence-electron chi connectivity index (χ2n) is 5.64. The number of benzene rings is 1. The van der Waals surface area contributed by atoms with Gasteiger partial charge in [-0.2, -0.15) is 5.10 Å². The summed E-state index contributed by atoms with van der Waals surface area (Å²) < 4.78 is 32.0. The zero-order valence-corrected chi connectivity index (χ0v) is 14.0. The molecule has 124 valence electrons. The molecule has 7 heteroatoms. The molecule has 2 aromatic rings. The summed E-state index contributed by atoms with van der Waals surface area (Å²) in [6, 6.07) is 8.53. The van der Waals surface area contributed by atoms with Crippen LogP contribution in [0.2, 0.25) is 0 Å². The Kier molecular flexibility index (Phi) is 4.77. The molecule has 0 bridgehead atoms. The maximum absolute atomic E-state index is 12.4. The van der Waals surface area contributed by atoms with Gasteiger partial charge in [0.05, 0.1) is 17.3 Å². The van der Waals surface area contributed by atoms with E-state index in [0.29, 0.717) is 24.5 Å². The van der Waals surface area contributed by atoms with E-state index in [1.165, 1.54) is 0 Å². The molecular formula is C16H21N3O3S. The van der Waals surface area contributed by atoms with Crippen molar-refractivity contribution in [2.45, 2.75) is 37.1 Å². The van der Waals surface area contributed by atoms with Crippen LogP contribution in [-0.4, -0.2) is 42.1 Å². The highest BCUT2D eigenvalue weighted by atomic mass is 32.2. The van der Waals surface area contributed by atoms with Gasteiger partial charge in [0.2, 0.25) is 0 Å². The fourth-order valence-electron chi connectivity index (χ4n) is 2.71. The third-order valence-electron chi connectivity index (χ3n) is 4.06. The second kappa shape index (κ2) is 6.80. The topological polar surface area (TPSA) is 74.1 Å². The number of nitrogens with zero attached hydrogens (tertiary/aromatic N) is 3. The predicted octanol–water partition coefficient (Wildman–Crippen LogP) is 1.82. The molecule has 6 nitrogen and oxygen atoms in total. The van der Waals surface area contributed by atoms with Crippen molar-refractivity contribution in [2.24, 2.45) is 0 Å². The van der Waals surface area contributed by atoms with Crippen LogP contribution >= 0.6 is 0 Å². The summed E-state index contributed by atoms with van der Waals surface area (Å²) in [7, 11) is -3.30. The SMILES string of the molecule is CCn1nc([C@H]2CCOC2)nc1CCS(=O)(=O)c1ccccc1. The Morgan fingerprint density at radius 3 is 2.74 bits per heavy atom. The molecular weight excluding hydrogens is 314 g/mol. The van der Waals surface area contributed by atoms with Crippen molar-refractivity contribution in [3.8, 4) is 0 Å². The van der Waals surface area contributed by atoms with Crippen molar-refractivity contribution in [1.29, 1.82) is 0 Å². The van der Waals surface area contributed by atoms with Crippen molar-refractivity contribution in [3.63, 3.8) is 0 Å². The molecule has 1 aliphatic rings. The van der Waals surface area contributed by atoms with Gasteiger partial charge in [0, 0.05) is 25.5 Å². The maximum atomic E-state index is 12.4. The molecule has 1 aromatic carbocycles. The van der Waals surface area contributed by atoms with Crippen molar-refractivity contribution in [3.05, 3.63) is 42.0 Å². The number of hydrogen-bond acceptors (Lipinski definition) is 5. The first-order chi connectivity index (χ1) is 11.1. The molecule has 0 N–H and O–H groups in total. The highest BCUT2D eigenvalue weighted by Gasteiger charge is 2.24. The monoisotopic (exact) mass is 335 g/mol. The molecule has 0 spiro atoms. The first kappa shape index (κ1) is 16.1. The van der Waals surface area contributed by atoms with Gasteiger partial charge >= 0.3 is 0 Å². The standard InChI is InChI=1S/C16H21N3O3S/c1-2-19-15(17-16(18-19)13-8-10-22-12-13)9-11-23(20,21)14-6-4-3-5-7-14/h3-7,13H,2,8-12H2,1H3/t13-/m0/s1.